The van der Waals surface area contributed by atoms with E-state index in [0.717, 1.165) is 0 Å². The molecule has 0 saturated carbocycles. The summed E-state index contributed by atoms with van der Waals surface area (Å²) in [5.74, 6) is 2.11. The van der Waals surface area contributed by atoms with Crippen LogP contribution in [0.1, 0.15) is 0 Å². The molecule has 1 aliphatic rings. The van der Waals surface area contributed by atoms with E-state index >= 15 is 0 Å². The summed E-state index contributed by atoms with van der Waals surface area (Å²) in [6, 6.07) is 5.91. The molecule has 1 aromatic rings. The van der Waals surface area contributed by atoms with Crippen LogP contribution in [0.2, 0.25) is 0 Å². The Kier molecular flexibility index (Phi) is 5.29. The molecule has 110 valence electrons. The first-order valence-electron chi connectivity index (χ1n) is 6.38. The first-order valence-corrected chi connectivity index (χ1v) is 7.88. The van der Waals surface area contributed by atoms with Gasteiger partial charge in [0.25, 0.3) is 0 Å². The van der Waals surface area contributed by atoms with Crippen LogP contribution in [0.3, 0.4) is 0 Å². The van der Waals surface area contributed by atoms with Crippen molar-refractivity contribution in [2.75, 3.05) is 32.8 Å². The van der Waals surface area contributed by atoms with Crippen molar-refractivity contribution in [1.82, 2.24) is 4.31 Å². The van der Waals surface area contributed by atoms with Gasteiger partial charge < -0.3 is 4.74 Å². The van der Waals surface area contributed by atoms with Gasteiger partial charge >= 0.3 is 0 Å². The van der Waals surface area contributed by atoms with Crippen LogP contribution >= 0.6 is 0 Å². The highest BCUT2D eigenvalue weighted by molar-refractivity contribution is 7.93. The number of terminal acetylenes is 1. The smallest absolute Gasteiger partial charge is 0.214 e. The maximum absolute atomic E-state index is 13.2. The van der Waals surface area contributed by atoms with Crippen molar-refractivity contribution >= 4 is 9.81 Å². The predicted octanol–water partition coefficient (Wildman–Crippen LogP) is 2.07. The average Bonchev–Trinajstić information content (AvgIpc) is 2.53. The van der Waals surface area contributed by atoms with E-state index in [9.17, 15) is 4.39 Å². The van der Waals surface area contributed by atoms with Gasteiger partial charge in [0.1, 0.15) is 12.4 Å². The van der Waals surface area contributed by atoms with Gasteiger partial charge in [-0.15, -0.1) is 10.8 Å². The van der Waals surface area contributed by atoms with Gasteiger partial charge in [0, 0.05) is 27.8 Å². The summed E-state index contributed by atoms with van der Waals surface area (Å²) in [7, 11) is -2.27. The molecule has 1 unspecified atom stereocenters. The monoisotopic (exact) mass is 306 g/mol. The molecule has 0 radical (unpaired) electrons. The molecule has 7 heteroatoms. The normalized spacial score (nSPS) is 18.0. The molecule has 1 heterocycles. The molecule has 1 saturated heterocycles. The first-order chi connectivity index (χ1) is 10.2. The SMILES string of the molecule is C#CCN=S(=NC#N)(c1ccc(F)cc1)N1CCOCC1. The fourth-order valence-electron chi connectivity index (χ4n) is 2.05. The van der Waals surface area contributed by atoms with Crippen LogP contribution in [0.15, 0.2) is 37.9 Å². The minimum Gasteiger partial charge on any atom is -0.379 e. The van der Waals surface area contributed by atoms with Gasteiger partial charge in [-0.1, -0.05) is 5.92 Å². The summed E-state index contributed by atoms with van der Waals surface area (Å²) in [6.45, 7) is 2.44. The Bertz CT molecular complexity index is 687. The number of halogens is 1. The van der Waals surface area contributed by atoms with E-state index < -0.39 is 9.81 Å². The quantitative estimate of drug-likeness (QED) is 0.634. The molecule has 1 aromatic carbocycles. The van der Waals surface area contributed by atoms with Crippen LogP contribution in [-0.4, -0.2) is 37.2 Å². The maximum Gasteiger partial charge on any atom is 0.214 e. The second-order valence-electron chi connectivity index (χ2n) is 4.20. The molecule has 5 nitrogen and oxygen atoms in total. The zero-order valence-corrected chi connectivity index (χ0v) is 12.2. The number of hydrogen-bond donors (Lipinski definition) is 0. The third kappa shape index (κ3) is 3.40. The van der Waals surface area contributed by atoms with Crippen LogP contribution < -0.4 is 0 Å². The maximum atomic E-state index is 13.2. The fourth-order valence-corrected chi connectivity index (χ4v) is 4.46. The molecular weight excluding hydrogens is 291 g/mol. The topological polar surface area (TPSA) is 61.0 Å². The number of morpholine rings is 1. The molecule has 0 aromatic heterocycles. The molecule has 0 aliphatic carbocycles. The molecule has 0 N–H and O–H groups in total. The highest BCUT2D eigenvalue weighted by Gasteiger charge is 2.23. The Morgan fingerprint density at radius 2 is 2.00 bits per heavy atom. The molecule has 0 spiro atoms. The van der Waals surface area contributed by atoms with E-state index in [2.05, 4.69) is 14.6 Å². The molecule has 0 bridgehead atoms. The van der Waals surface area contributed by atoms with Crippen molar-refractivity contribution < 1.29 is 9.13 Å². The van der Waals surface area contributed by atoms with E-state index in [1.807, 2.05) is 10.5 Å². The Morgan fingerprint density at radius 1 is 1.33 bits per heavy atom. The highest BCUT2D eigenvalue weighted by Crippen LogP contribution is 2.23. The van der Waals surface area contributed by atoms with E-state index in [1.165, 1.54) is 12.1 Å². The number of rotatable bonds is 3. The molecular formula is C14H15FN4OS. The number of hydrogen-bond acceptors (Lipinski definition) is 4. The Balaban J connectivity index is 2.62. The second-order valence-corrected chi connectivity index (χ2v) is 6.66. The third-order valence-corrected chi connectivity index (χ3v) is 5.78. The molecule has 0 amide bonds. The van der Waals surface area contributed by atoms with Crippen molar-refractivity contribution in [3.8, 4) is 18.5 Å². The van der Waals surface area contributed by atoms with Crippen LogP contribution in [0.4, 0.5) is 4.39 Å². The largest absolute Gasteiger partial charge is 0.379 e. The van der Waals surface area contributed by atoms with Crippen LogP contribution in [0.25, 0.3) is 0 Å². The van der Waals surface area contributed by atoms with Gasteiger partial charge in [-0.25, -0.2) is 13.1 Å². The Hall–Kier alpha value is -1.93. The van der Waals surface area contributed by atoms with Gasteiger partial charge in [0.15, 0.2) is 0 Å². The van der Waals surface area contributed by atoms with E-state index in [0.29, 0.717) is 31.2 Å². The lowest BCUT2D eigenvalue weighted by Gasteiger charge is -2.32. The van der Waals surface area contributed by atoms with Crippen molar-refractivity contribution in [1.29, 1.82) is 5.26 Å². The summed E-state index contributed by atoms with van der Waals surface area (Å²) >= 11 is 0. The summed E-state index contributed by atoms with van der Waals surface area (Å²) in [5.41, 5.74) is 0. The van der Waals surface area contributed by atoms with Crippen LogP contribution in [0.5, 0.6) is 0 Å². The minimum atomic E-state index is -2.27. The van der Waals surface area contributed by atoms with Gasteiger partial charge in [0.2, 0.25) is 6.19 Å². The lowest BCUT2D eigenvalue weighted by atomic mass is 10.4. The molecule has 21 heavy (non-hydrogen) atoms. The molecule has 1 fully saturated rings. The van der Waals surface area contributed by atoms with Crippen LogP contribution in [0, 0.1) is 29.6 Å². The Morgan fingerprint density at radius 3 is 2.57 bits per heavy atom. The zero-order chi connectivity index (χ0) is 15.1. The minimum absolute atomic E-state index is 0.148. The van der Waals surface area contributed by atoms with Crippen molar-refractivity contribution in [3.05, 3.63) is 30.1 Å². The first kappa shape index (κ1) is 15.5. The summed E-state index contributed by atoms with van der Waals surface area (Å²) in [6.07, 6.45) is 7.16. The lowest BCUT2D eigenvalue weighted by molar-refractivity contribution is 0.0757. The second kappa shape index (κ2) is 7.19. The molecule has 1 atom stereocenters. The van der Waals surface area contributed by atoms with Gasteiger partial charge in [-0.05, 0) is 24.3 Å². The summed E-state index contributed by atoms with van der Waals surface area (Å²) < 4.78 is 29.1. The Labute approximate surface area is 124 Å². The van der Waals surface area contributed by atoms with Crippen molar-refractivity contribution in [3.63, 3.8) is 0 Å². The van der Waals surface area contributed by atoms with Gasteiger partial charge in [-0.2, -0.15) is 5.26 Å². The van der Waals surface area contributed by atoms with E-state index in [4.69, 9.17) is 16.4 Å². The number of nitriles is 1. The third-order valence-electron chi connectivity index (χ3n) is 2.96. The highest BCUT2D eigenvalue weighted by atomic mass is 32.2. The number of nitrogens with zero attached hydrogens (tertiary/aromatic N) is 4. The predicted molar refractivity (Wildman–Crippen MR) is 78.6 cm³/mol. The van der Waals surface area contributed by atoms with Gasteiger partial charge in [-0.3, -0.25) is 0 Å². The summed E-state index contributed by atoms with van der Waals surface area (Å²) in [5, 5.41) is 9.11. The standard InChI is InChI=1S/C14H15FN4OS/c1-2-7-17-21(18-12-16,19-8-10-20-11-9-19)14-5-3-13(15)4-6-14/h1,3-6H,7-11H2. The zero-order valence-electron chi connectivity index (χ0n) is 11.4. The van der Waals surface area contributed by atoms with E-state index in [-0.39, 0.29) is 12.4 Å². The van der Waals surface area contributed by atoms with Gasteiger partial charge in [0.05, 0.1) is 13.2 Å². The number of benzene rings is 1. The average molecular weight is 306 g/mol. The fraction of sp³-hybridized carbons (Fsp3) is 0.357. The lowest BCUT2D eigenvalue weighted by Crippen LogP contribution is -2.40. The summed E-state index contributed by atoms with van der Waals surface area (Å²) in [4.78, 5) is 0.697. The number of ether oxygens (including phenoxy) is 1. The van der Waals surface area contributed by atoms with Crippen molar-refractivity contribution in [2.24, 2.45) is 8.73 Å². The van der Waals surface area contributed by atoms with Crippen molar-refractivity contribution in [2.45, 2.75) is 4.90 Å². The molecule has 2 rings (SSSR count). The molecule has 1 aliphatic heterocycles. The van der Waals surface area contributed by atoms with Crippen LogP contribution in [-0.2, 0) is 14.5 Å². The van der Waals surface area contributed by atoms with E-state index in [1.54, 1.807) is 12.1 Å².